The van der Waals surface area contributed by atoms with Crippen molar-refractivity contribution in [1.82, 2.24) is 5.32 Å². The van der Waals surface area contributed by atoms with E-state index in [0.717, 1.165) is 11.1 Å². The van der Waals surface area contributed by atoms with E-state index < -0.39 is 23.6 Å². The monoisotopic (exact) mass is 303 g/mol. The number of carbonyl (C=O) groups is 2. The van der Waals surface area contributed by atoms with Gasteiger partial charge >= 0.3 is 12.1 Å². The van der Waals surface area contributed by atoms with Crippen LogP contribution in [0.4, 0.5) is 13.2 Å². The molecule has 1 aromatic rings. The van der Waals surface area contributed by atoms with Crippen molar-refractivity contribution in [2.24, 2.45) is 0 Å². The van der Waals surface area contributed by atoms with Crippen LogP contribution in [0.25, 0.3) is 0 Å². The smallest absolute Gasteiger partial charge is 0.422 e. The van der Waals surface area contributed by atoms with Gasteiger partial charge in [-0.3, -0.25) is 4.79 Å². The second-order valence-electron chi connectivity index (χ2n) is 5.08. The van der Waals surface area contributed by atoms with Crippen LogP contribution in [0.5, 0.6) is 0 Å². The molecule has 7 heteroatoms. The highest BCUT2D eigenvalue weighted by molar-refractivity contribution is 5.88. The first kappa shape index (κ1) is 17.0. The van der Waals surface area contributed by atoms with Gasteiger partial charge in [0.15, 0.2) is 0 Å². The number of benzene rings is 1. The Morgan fingerprint density at radius 1 is 1.24 bits per heavy atom. The Kier molecular flexibility index (Phi) is 4.65. The fourth-order valence-electron chi connectivity index (χ4n) is 1.73. The summed E-state index contributed by atoms with van der Waals surface area (Å²) in [6, 6.07) is 5.24. The van der Waals surface area contributed by atoms with Gasteiger partial charge < -0.3 is 10.4 Å². The topological polar surface area (TPSA) is 66.4 Å². The van der Waals surface area contributed by atoms with Gasteiger partial charge in [-0.05, 0) is 31.9 Å². The molecule has 0 spiro atoms. The summed E-state index contributed by atoms with van der Waals surface area (Å²) in [5, 5.41) is 10.3. The maximum atomic E-state index is 12.8. The predicted octanol–water partition coefficient (Wildman–Crippen LogP) is 2.37. The van der Waals surface area contributed by atoms with Gasteiger partial charge in [-0.1, -0.05) is 23.8 Å². The fourth-order valence-corrected chi connectivity index (χ4v) is 1.73. The van der Waals surface area contributed by atoms with Gasteiger partial charge in [0.05, 0.1) is 6.42 Å². The number of hydrogen-bond acceptors (Lipinski definition) is 2. The third-order valence-corrected chi connectivity index (χ3v) is 3.24. The number of carboxylic acids is 1. The molecule has 0 heterocycles. The van der Waals surface area contributed by atoms with Crippen molar-refractivity contribution in [2.45, 2.75) is 38.9 Å². The van der Waals surface area contributed by atoms with E-state index in [1.54, 1.807) is 31.3 Å². The summed E-state index contributed by atoms with van der Waals surface area (Å²) in [5.41, 5.74) is -1.13. The van der Waals surface area contributed by atoms with Crippen LogP contribution in [0.2, 0.25) is 0 Å². The molecule has 0 radical (unpaired) electrons. The Labute approximate surface area is 120 Å². The molecule has 1 aromatic carbocycles. The first-order valence-corrected chi connectivity index (χ1v) is 6.14. The molecule has 0 aliphatic carbocycles. The Balaban J connectivity index is 2.95. The van der Waals surface area contributed by atoms with Gasteiger partial charge in [-0.2, -0.15) is 13.2 Å². The zero-order chi connectivity index (χ0) is 16.4. The first-order chi connectivity index (χ1) is 9.47. The lowest BCUT2D eigenvalue weighted by Crippen LogP contribution is -2.62. The van der Waals surface area contributed by atoms with Gasteiger partial charge in [0, 0.05) is 0 Å². The molecule has 1 amide bonds. The molecule has 4 nitrogen and oxygen atoms in total. The minimum atomic E-state index is -5.09. The van der Waals surface area contributed by atoms with Crippen molar-refractivity contribution >= 4 is 11.9 Å². The first-order valence-electron chi connectivity index (χ1n) is 6.14. The standard InChI is InChI=1S/C14H16F3NO3/c1-8-4-5-9(2)10(6-8)7-11(19)18-13(3,12(20)21)14(15,16)17/h4-6H,7H2,1-3H3,(H,18,19)(H,20,21). The number of halogens is 3. The largest absolute Gasteiger partial charge is 0.479 e. The molecule has 21 heavy (non-hydrogen) atoms. The van der Waals surface area contributed by atoms with Gasteiger partial charge in [0.1, 0.15) is 0 Å². The average molecular weight is 303 g/mol. The van der Waals surface area contributed by atoms with E-state index in [1.165, 1.54) is 0 Å². The molecule has 0 saturated heterocycles. The number of aliphatic carboxylic acids is 1. The van der Waals surface area contributed by atoms with Crippen molar-refractivity contribution in [3.63, 3.8) is 0 Å². The van der Waals surface area contributed by atoms with E-state index in [0.29, 0.717) is 12.5 Å². The van der Waals surface area contributed by atoms with Gasteiger partial charge in [0.25, 0.3) is 0 Å². The summed E-state index contributed by atoms with van der Waals surface area (Å²) in [6.07, 6.45) is -5.40. The lowest BCUT2D eigenvalue weighted by Gasteiger charge is -2.28. The second-order valence-corrected chi connectivity index (χ2v) is 5.08. The third-order valence-electron chi connectivity index (χ3n) is 3.24. The van der Waals surface area contributed by atoms with Crippen molar-refractivity contribution in [1.29, 1.82) is 0 Å². The SMILES string of the molecule is Cc1ccc(C)c(CC(=O)NC(C)(C(=O)O)C(F)(F)F)c1. The fraction of sp³-hybridized carbons (Fsp3) is 0.429. The highest BCUT2D eigenvalue weighted by atomic mass is 19.4. The van der Waals surface area contributed by atoms with Crippen molar-refractivity contribution in [3.05, 3.63) is 34.9 Å². The molecule has 0 aliphatic rings. The molecule has 0 saturated carbocycles. The zero-order valence-corrected chi connectivity index (χ0v) is 11.8. The number of alkyl halides is 3. The van der Waals surface area contributed by atoms with E-state index in [-0.39, 0.29) is 6.42 Å². The average Bonchev–Trinajstić information content (AvgIpc) is 2.32. The minimum Gasteiger partial charge on any atom is -0.479 e. The number of carbonyl (C=O) groups excluding carboxylic acids is 1. The number of amides is 1. The highest BCUT2D eigenvalue weighted by Gasteiger charge is 2.58. The molecule has 1 rings (SSSR count). The van der Waals surface area contributed by atoms with E-state index in [1.807, 2.05) is 6.07 Å². The van der Waals surface area contributed by atoms with Crippen molar-refractivity contribution in [3.8, 4) is 0 Å². The molecule has 0 bridgehead atoms. The molecule has 0 fully saturated rings. The van der Waals surface area contributed by atoms with Crippen molar-refractivity contribution < 1.29 is 27.9 Å². The predicted molar refractivity (Wildman–Crippen MR) is 69.9 cm³/mol. The number of hydrogen-bond donors (Lipinski definition) is 2. The highest BCUT2D eigenvalue weighted by Crippen LogP contribution is 2.30. The second kappa shape index (κ2) is 5.75. The molecule has 0 aliphatic heterocycles. The van der Waals surface area contributed by atoms with E-state index in [9.17, 15) is 22.8 Å². The summed E-state index contributed by atoms with van der Waals surface area (Å²) in [6.45, 7) is 3.94. The Morgan fingerprint density at radius 3 is 2.29 bits per heavy atom. The summed E-state index contributed by atoms with van der Waals surface area (Å²) in [7, 11) is 0. The molecule has 2 N–H and O–H groups in total. The van der Waals surface area contributed by atoms with Crippen molar-refractivity contribution in [2.75, 3.05) is 0 Å². The van der Waals surface area contributed by atoms with E-state index >= 15 is 0 Å². The molecular weight excluding hydrogens is 287 g/mol. The minimum absolute atomic E-state index is 0.313. The number of aryl methyl sites for hydroxylation is 2. The third kappa shape index (κ3) is 3.74. The Hall–Kier alpha value is -2.05. The van der Waals surface area contributed by atoms with E-state index in [2.05, 4.69) is 0 Å². The Bertz CT molecular complexity index is 569. The van der Waals surface area contributed by atoms with Crippen LogP contribution in [-0.4, -0.2) is 28.7 Å². The Morgan fingerprint density at radius 2 is 1.81 bits per heavy atom. The summed E-state index contributed by atoms with van der Waals surface area (Å²) >= 11 is 0. The van der Waals surface area contributed by atoms with Crippen LogP contribution >= 0.6 is 0 Å². The lowest BCUT2D eigenvalue weighted by molar-refractivity contribution is -0.206. The van der Waals surface area contributed by atoms with Crippen LogP contribution in [0.1, 0.15) is 23.6 Å². The normalized spacial score (nSPS) is 14.4. The molecular formula is C14H16F3NO3. The van der Waals surface area contributed by atoms with Gasteiger partial charge in [-0.15, -0.1) is 0 Å². The summed E-state index contributed by atoms with van der Waals surface area (Å²) in [4.78, 5) is 22.6. The van der Waals surface area contributed by atoms with Crippen LogP contribution in [0.3, 0.4) is 0 Å². The maximum Gasteiger partial charge on any atom is 0.422 e. The number of carboxylic acid groups (broad SMARTS) is 1. The van der Waals surface area contributed by atoms with Crippen LogP contribution in [0, 0.1) is 13.8 Å². The maximum absolute atomic E-state index is 12.8. The summed E-state index contributed by atoms with van der Waals surface area (Å²) < 4.78 is 38.4. The number of rotatable bonds is 4. The zero-order valence-electron chi connectivity index (χ0n) is 11.8. The molecule has 1 atom stereocenters. The molecule has 1 unspecified atom stereocenters. The van der Waals surface area contributed by atoms with Crippen LogP contribution < -0.4 is 5.32 Å². The van der Waals surface area contributed by atoms with E-state index in [4.69, 9.17) is 5.11 Å². The molecule has 0 aromatic heterocycles. The van der Waals surface area contributed by atoms with Gasteiger partial charge in [0.2, 0.25) is 11.4 Å². The van der Waals surface area contributed by atoms with Crippen LogP contribution in [0.15, 0.2) is 18.2 Å². The quantitative estimate of drug-likeness (QED) is 0.897. The van der Waals surface area contributed by atoms with Crippen LogP contribution in [-0.2, 0) is 16.0 Å². The lowest BCUT2D eigenvalue weighted by atomic mass is 9.99. The summed E-state index contributed by atoms with van der Waals surface area (Å²) in [5.74, 6) is -3.14. The number of nitrogens with one attached hydrogen (secondary N) is 1. The van der Waals surface area contributed by atoms with Gasteiger partial charge in [-0.25, -0.2) is 4.79 Å². The molecule has 116 valence electrons.